The minimum absolute atomic E-state index is 0.149. The second-order valence-corrected chi connectivity index (χ2v) is 5.83. The van der Waals surface area contributed by atoms with Crippen molar-refractivity contribution in [1.82, 2.24) is 4.90 Å². The molecule has 1 aromatic carbocycles. The maximum atomic E-state index is 13.9. The Morgan fingerprint density at radius 3 is 2.40 bits per heavy atom. The largest absolute Gasteiger partial charge is 0.329 e. The van der Waals surface area contributed by atoms with Crippen LogP contribution in [0.5, 0.6) is 0 Å². The van der Waals surface area contributed by atoms with E-state index in [4.69, 9.17) is 5.73 Å². The third-order valence-electron chi connectivity index (χ3n) is 4.26. The van der Waals surface area contributed by atoms with Gasteiger partial charge >= 0.3 is 0 Å². The van der Waals surface area contributed by atoms with Crippen molar-refractivity contribution in [3.8, 4) is 0 Å². The Kier molecular flexibility index (Phi) is 4.70. The van der Waals surface area contributed by atoms with Crippen LogP contribution in [0.25, 0.3) is 0 Å². The minimum atomic E-state index is -1.16. The molecule has 0 aliphatic carbocycles. The fourth-order valence-electron chi connectivity index (χ4n) is 2.91. The van der Waals surface area contributed by atoms with Crippen LogP contribution in [-0.4, -0.2) is 24.5 Å². The van der Waals surface area contributed by atoms with Crippen LogP contribution in [0.2, 0.25) is 0 Å². The molecule has 0 bridgehead atoms. The van der Waals surface area contributed by atoms with Crippen molar-refractivity contribution < 1.29 is 13.2 Å². The number of nitrogens with zero attached hydrogens (tertiary/aromatic N) is 1. The molecule has 2 N–H and O–H groups in total. The van der Waals surface area contributed by atoms with E-state index in [2.05, 4.69) is 18.7 Å². The molecule has 1 heterocycles. The molecule has 1 aliphatic rings. The molecule has 2 rings (SSSR count). The molecule has 0 aromatic heterocycles. The lowest BCUT2D eigenvalue weighted by Crippen LogP contribution is -2.33. The highest BCUT2D eigenvalue weighted by molar-refractivity contribution is 5.24. The second kappa shape index (κ2) is 6.14. The van der Waals surface area contributed by atoms with Gasteiger partial charge in [-0.2, -0.15) is 0 Å². The Hall–Kier alpha value is -1.07. The summed E-state index contributed by atoms with van der Waals surface area (Å²) in [6, 6.07) is 1.14. The molecule has 0 radical (unpaired) electrons. The molecule has 1 fully saturated rings. The van der Waals surface area contributed by atoms with E-state index in [0.717, 1.165) is 25.6 Å². The Morgan fingerprint density at radius 2 is 1.85 bits per heavy atom. The average Bonchev–Trinajstić information content (AvgIpc) is 2.86. The van der Waals surface area contributed by atoms with Crippen molar-refractivity contribution in [2.45, 2.75) is 26.3 Å². The first-order chi connectivity index (χ1) is 9.43. The van der Waals surface area contributed by atoms with E-state index in [1.54, 1.807) is 0 Å². The van der Waals surface area contributed by atoms with Crippen LogP contribution in [0.1, 0.15) is 31.9 Å². The molecule has 1 aromatic rings. The third-order valence-corrected chi connectivity index (χ3v) is 4.26. The van der Waals surface area contributed by atoms with Crippen LogP contribution in [-0.2, 0) is 0 Å². The van der Waals surface area contributed by atoms with E-state index < -0.39 is 23.5 Å². The SMILES string of the molecule is CC(C)C1CCN(C(CN)c2cc(F)c(F)cc2F)C1. The fourth-order valence-corrected chi connectivity index (χ4v) is 2.91. The van der Waals surface area contributed by atoms with Gasteiger partial charge in [-0.05, 0) is 30.9 Å². The smallest absolute Gasteiger partial charge is 0.161 e. The molecule has 2 unspecified atom stereocenters. The van der Waals surface area contributed by atoms with Gasteiger partial charge < -0.3 is 5.73 Å². The fraction of sp³-hybridized carbons (Fsp3) is 0.600. The van der Waals surface area contributed by atoms with Gasteiger partial charge in [-0.15, -0.1) is 0 Å². The lowest BCUT2D eigenvalue weighted by molar-refractivity contribution is 0.226. The van der Waals surface area contributed by atoms with Gasteiger partial charge in [0.05, 0.1) is 6.04 Å². The number of likely N-dealkylation sites (tertiary alicyclic amines) is 1. The summed E-state index contributed by atoms with van der Waals surface area (Å²) in [5.41, 5.74) is 5.89. The molecule has 1 saturated heterocycles. The molecule has 1 aliphatic heterocycles. The molecular weight excluding hydrogens is 265 g/mol. The highest BCUT2D eigenvalue weighted by Crippen LogP contribution is 2.32. The van der Waals surface area contributed by atoms with E-state index in [0.29, 0.717) is 17.9 Å². The zero-order valence-electron chi connectivity index (χ0n) is 11.9. The van der Waals surface area contributed by atoms with Crippen molar-refractivity contribution in [3.05, 3.63) is 35.1 Å². The summed E-state index contributed by atoms with van der Waals surface area (Å²) in [7, 11) is 0. The first-order valence-corrected chi connectivity index (χ1v) is 7.02. The van der Waals surface area contributed by atoms with E-state index in [1.807, 2.05) is 0 Å². The molecule has 0 saturated carbocycles. The van der Waals surface area contributed by atoms with Gasteiger partial charge in [0.2, 0.25) is 0 Å². The number of halogens is 3. The van der Waals surface area contributed by atoms with E-state index in [-0.39, 0.29) is 12.1 Å². The molecule has 112 valence electrons. The Labute approximate surface area is 117 Å². The number of hydrogen-bond donors (Lipinski definition) is 1. The normalized spacial score (nSPS) is 21.6. The van der Waals surface area contributed by atoms with E-state index >= 15 is 0 Å². The summed E-state index contributed by atoms with van der Waals surface area (Å²) in [5, 5.41) is 0. The van der Waals surface area contributed by atoms with Crippen molar-refractivity contribution >= 4 is 0 Å². The standard InChI is InChI=1S/C15H21F3N2/c1-9(2)10-3-4-20(8-10)15(7-19)11-5-13(17)14(18)6-12(11)16/h5-6,9-10,15H,3-4,7-8,19H2,1-2H3. The predicted octanol–water partition coefficient (Wildman–Crippen LogP) is 3.08. The maximum absolute atomic E-state index is 13.9. The summed E-state index contributed by atoms with van der Waals surface area (Å²) >= 11 is 0. The van der Waals surface area contributed by atoms with Gasteiger partial charge in [0.15, 0.2) is 11.6 Å². The molecule has 20 heavy (non-hydrogen) atoms. The summed E-state index contributed by atoms with van der Waals surface area (Å²) in [5.74, 6) is -1.83. The van der Waals surface area contributed by atoms with Crippen LogP contribution >= 0.6 is 0 Å². The summed E-state index contributed by atoms with van der Waals surface area (Å²) in [6.45, 7) is 6.13. The van der Waals surface area contributed by atoms with Crippen molar-refractivity contribution in [1.29, 1.82) is 0 Å². The maximum Gasteiger partial charge on any atom is 0.161 e. The molecular formula is C15H21F3N2. The van der Waals surface area contributed by atoms with Gasteiger partial charge in [-0.1, -0.05) is 13.8 Å². The molecule has 2 nitrogen and oxygen atoms in total. The lowest BCUT2D eigenvalue weighted by Gasteiger charge is -2.28. The number of nitrogens with two attached hydrogens (primary N) is 1. The van der Waals surface area contributed by atoms with Crippen molar-refractivity contribution in [2.24, 2.45) is 17.6 Å². The quantitative estimate of drug-likeness (QED) is 0.862. The monoisotopic (exact) mass is 286 g/mol. The minimum Gasteiger partial charge on any atom is -0.329 e. The van der Waals surface area contributed by atoms with E-state index in [9.17, 15) is 13.2 Å². The van der Waals surface area contributed by atoms with Crippen LogP contribution < -0.4 is 5.73 Å². The Bertz CT molecular complexity index is 476. The third kappa shape index (κ3) is 2.99. The van der Waals surface area contributed by atoms with Gasteiger partial charge in [0.25, 0.3) is 0 Å². The molecule has 0 amide bonds. The summed E-state index contributed by atoms with van der Waals surface area (Å²) in [4.78, 5) is 2.07. The second-order valence-electron chi connectivity index (χ2n) is 5.83. The van der Waals surface area contributed by atoms with E-state index in [1.165, 1.54) is 0 Å². The summed E-state index contributed by atoms with van der Waals surface area (Å²) < 4.78 is 40.2. The first kappa shape index (κ1) is 15.3. The summed E-state index contributed by atoms with van der Waals surface area (Å²) in [6.07, 6.45) is 1.03. The van der Waals surface area contributed by atoms with Crippen molar-refractivity contribution in [3.63, 3.8) is 0 Å². The highest BCUT2D eigenvalue weighted by atomic mass is 19.2. The zero-order valence-corrected chi connectivity index (χ0v) is 11.9. The van der Waals surface area contributed by atoms with Gasteiger partial charge in [-0.25, -0.2) is 13.2 Å². The van der Waals surface area contributed by atoms with Gasteiger partial charge in [-0.3, -0.25) is 4.90 Å². The Balaban J connectivity index is 2.23. The van der Waals surface area contributed by atoms with Gasteiger partial charge in [0, 0.05) is 24.7 Å². The average molecular weight is 286 g/mol. The molecule has 5 heteroatoms. The van der Waals surface area contributed by atoms with Crippen LogP contribution in [0.15, 0.2) is 12.1 Å². The lowest BCUT2D eigenvalue weighted by atomic mass is 9.95. The van der Waals surface area contributed by atoms with Crippen LogP contribution in [0.3, 0.4) is 0 Å². The number of rotatable bonds is 4. The van der Waals surface area contributed by atoms with Gasteiger partial charge in [0.1, 0.15) is 5.82 Å². The number of benzene rings is 1. The van der Waals surface area contributed by atoms with Crippen LogP contribution in [0.4, 0.5) is 13.2 Å². The Morgan fingerprint density at radius 1 is 1.20 bits per heavy atom. The highest BCUT2D eigenvalue weighted by Gasteiger charge is 2.31. The molecule has 2 atom stereocenters. The van der Waals surface area contributed by atoms with Crippen LogP contribution in [0, 0.1) is 29.3 Å². The topological polar surface area (TPSA) is 29.3 Å². The predicted molar refractivity (Wildman–Crippen MR) is 72.6 cm³/mol. The molecule has 0 spiro atoms. The zero-order chi connectivity index (χ0) is 14.9. The van der Waals surface area contributed by atoms with Crippen molar-refractivity contribution in [2.75, 3.05) is 19.6 Å². The first-order valence-electron chi connectivity index (χ1n) is 7.02. The number of hydrogen-bond acceptors (Lipinski definition) is 2.